The fraction of sp³-hybridized carbons (Fsp3) is 0.500. The van der Waals surface area contributed by atoms with Gasteiger partial charge in [0.2, 0.25) is 0 Å². The summed E-state index contributed by atoms with van der Waals surface area (Å²) < 4.78 is 11.7. The topological polar surface area (TPSA) is 29.1 Å². The molecule has 2 nitrogen and oxygen atoms in total. The Morgan fingerprint density at radius 3 is 2.62 bits per heavy atom. The SMILES string of the molecule is O=S(CCNC1CC1)Cc1ccc(Cl)cc1. The van der Waals surface area contributed by atoms with E-state index in [0.29, 0.717) is 11.8 Å². The van der Waals surface area contributed by atoms with Crippen molar-refractivity contribution in [3.8, 4) is 0 Å². The van der Waals surface area contributed by atoms with E-state index in [4.69, 9.17) is 11.6 Å². The van der Waals surface area contributed by atoms with Crippen LogP contribution in [-0.4, -0.2) is 22.5 Å². The van der Waals surface area contributed by atoms with Gasteiger partial charge >= 0.3 is 0 Å². The molecule has 0 aliphatic heterocycles. The average Bonchev–Trinajstić information content (AvgIpc) is 3.05. The third-order valence-electron chi connectivity index (χ3n) is 2.58. The van der Waals surface area contributed by atoms with Crippen LogP contribution in [0.5, 0.6) is 0 Å². The van der Waals surface area contributed by atoms with E-state index in [0.717, 1.165) is 22.9 Å². The molecule has 4 heteroatoms. The first kappa shape index (κ1) is 12.1. The van der Waals surface area contributed by atoms with E-state index in [1.165, 1.54) is 12.8 Å². The van der Waals surface area contributed by atoms with Crippen LogP contribution >= 0.6 is 11.6 Å². The summed E-state index contributed by atoms with van der Waals surface area (Å²) in [6, 6.07) is 8.27. The zero-order chi connectivity index (χ0) is 11.4. The van der Waals surface area contributed by atoms with E-state index in [1.807, 2.05) is 24.3 Å². The normalized spacial score (nSPS) is 17.3. The molecule has 1 aliphatic carbocycles. The fourth-order valence-corrected chi connectivity index (χ4v) is 2.68. The lowest BCUT2D eigenvalue weighted by Crippen LogP contribution is -2.22. The molecule has 0 aromatic heterocycles. The summed E-state index contributed by atoms with van der Waals surface area (Å²) in [5.41, 5.74) is 1.09. The molecule has 1 fully saturated rings. The number of hydrogen-bond acceptors (Lipinski definition) is 2. The van der Waals surface area contributed by atoms with E-state index in [1.54, 1.807) is 0 Å². The lowest BCUT2D eigenvalue weighted by molar-refractivity contribution is 0.672. The first-order valence-electron chi connectivity index (χ1n) is 5.57. The van der Waals surface area contributed by atoms with Crippen molar-refractivity contribution in [2.45, 2.75) is 24.6 Å². The Labute approximate surface area is 104 Å². The largest absolute Gasteiger partial charge is 0.313 e. The standard InChI is InChI=1S/C12H16ClNOS/c13-11-3-1-10(2-4-11)9-16(15)8-7-14-12-5-6-12/h1-4,12,14H,5-9H2. The molecule has 0 bridgehead atoms. The van der Waals surface area contributed by atoms with Gasteiger partial charge in [0.05, 0.1) is 0 Å². The maximum Gasteiger partial charge on any atom is 0.0486 e. The minimum absolute atomic E-state index is 0.628. The third-order valence-corrected chi connectivity index (χ3v) is 4.15. The smallest absolute Gasteiger partial charge is 0.0486 e. The Bertz CT molecular complexity index is 362. The van der Waals surface area contributed by atoms with Gasteiger partial charge in [-0.3, -0.25) is 4.21 Å². The maximum absolute atomic E-state index is 11.7. The van der Waals surface area contributed by atoms with Crippen LogP contribution in [0.25, 0.3) is 0 Å². The second-order valence-corrected chi connectivity index (χ2v) is 6.16. The van der Waals surface area contributed by atoms with Crippen molar-refractivity contribution in [3.05, 3.63) is 34.9 Å². The molecule has 1 aromatic carbocycles. The first-order chi connectivity index (χ1) is 7.74. The lowest BCUT2D eigenvalue weighted by Gasteiger charge is -2.04. The first-order valence-corrected chi connectivity index (χ1v) is 7.43. The Morgan fingerprint density at radius 1 is 1.31 bits per heavy atom. The number of nitrogens with one attached hydrogen (secondary N) is 1. The third kappa shape index (κ3) is 4.24. The zero-order valence-electron chi connectivity index (χ0n) is 9.12. The molecule has 0 radical (unpaired) electrons. The van der Waals surface area contributed by atoms with E-state index in [2.05, 4.69) is 5.32 Å². The fourth-order valence-electron chi connectivity index (χ4n) is 1.50. The molecular formula is C12H16ClNOS. The zero-order valence-corrected chi connectivity index (χ0v) is 10.7. The van der Waals surface area contributed by atoms with E-state index >= 15 is 0 Å². The van der Waals surface area contributed by atoms with Crippen LogP contribution in [0.2, 0.25) is 5.02 Å². The van der Waals surface area contributed by atoms with Gasteiger partial charge in [-0.05, 0) is 30.5 Å². The van der Waals surface area contributed by atoms with Crippen molar-refractivity contribution >= 4 is 22.4 Å². The van der Waals surface area contributed by atoms with E-state index in [9.17, 15) is 4.21 Å². The summed E-state index contributed by atoms with van der Waals surface area (Å²) >= 11 is 5.79. The molecule has 0 amide bonds. The Hall–Kier alpha value is -0.380. The van der Waals surface area contributed by atoms with Crippen molar-refractivity contribution in [3.63, 3.8) is 0 Å². The summed E-state index contributed by atoms with van der Waals surface area (Å²) in [6.07, 6.45) is 2.56. The van der Waals surface area contributed by atoms with Crippen molar-refractivity contribution in [1.82, 2.24) is 5.32 Å². The Kier molecular flexibility index (Phi) is 4.38. The van der Waals surface area contributed by atoms with Crippen molar-refractivity contribution in [2.75, 3.05) is 12.3 Å². The van der Waals surface area contributed by atoms with Crippen molar-refractivity contribution in [2.24, 2.45) is 0 Å². The average molecular weight is 258 g/mol. The highest BCUT2D eigenvalue weighted by molar-refractivity contribution is 7.84. The predicted octanol–water partition coefficient (Wildman–Crippen LogP) is 2.34. The van der Waals surface area contributed by atoms with Gasteiger partial charge in [0.25, 0.3) is 0 Å². The highest BCUT2D eigenvalue weighted by atomic mass is 35.5. The maximum atomic E-state index is 11.7. The van der Waals surface area contributed by atoms with Gasteiger partial charge in [-0.2, -0.15) is 0 Å². The van der Waals surface area contributed by atoms with Gasteiger partial charge in [-0.15, -0.1) is 0 Å². The van der Waals surface area contributed by atoms with Gasteiger partial charge in [0.15, 0.2) is 0 Å². The molecule has 88 valence electrons. The van der Waals surface area contributed by atoms with Crippen LogP contribution in [0.15, 0.2) is 24.3 Å². The van der Waals surface area contributed by atoms with Crippen LogP contribution < -0.4 is 5.32 Å². The van der Waals surface area contributed by atoms with Gasteiger partial charge in [0, 0.05) is 39.9 Å². The Balaban J connectivity index is 1.70. The monoisotopic (exact) mass is 257 g/mol. The van der Waals surface area contributed by atoms with Gasteiger partial charge < -0.3 is 5.32 Å². The molecular weight excluding hydrogens is 242 g/mol. The second kappa shape index (κ2) is 5.80. The minimum Gasteiger partial charge on any atom is -0.313 e. The summed E-state index contributed by atoms with van der Waals surface area (Å²) in [7, 11) is -0.772. The molecule has 1 unspecified atom stereocenters. The molecule has 1 atom stereocenters. The quantitative estimate of drug-likeness (QED) is 0.848. The molecule has 1 N–H and O–H groups in total. The van der Waals surface area contributed by atoms with Crippen LogP contribution in [-0.2, 0) is 16.6 Å². The molecule has 0 heterocycles. The van der Waals surface area contributed by atoms with Crippen LogP contribution in [0, 0.1) is 0 Å². The predicted molar refractivity (Wildman–Crippen MR) is 69.2 cm³/mol. The van der Waals surface area contributed by atoms with E-state index in [-0.39, 0.29) is 0 Å². The number of benzene rings is 1. The molecule has 0 spiro atoms. The summed E-state index contributed by atoms with van der Waals surface area (Å²) in [5, 5.41) is 4.10. The number of rotatable bonds is 6. The van der Waals surface area contributed by atoms with Gasteiger partial charge in [-0.1, -0.05) is 23.7 Å². The second-order valence-electron chi connectivity index (χ2n) is 4.14. The number of halogens is 1. The van der Waals surface area contributed by atoms with Crippen molar-refractivity contribution in [1.29, 1.82) is 0 Å². The lowest BCUT2D eigenvalue weighted by atomic mass is 10.2. The molecule has 1 saturated carbocycles. The summed E-state index contributed by atoms with van der Waals surface area (Å²) in [4.78, 5) is 0. The highest BCUT2D eigenvalue weighted by Crippen LogP contribution is 2.18. The van der Waals surface area contributed by atoms with E-state index < -0.39 is 10.8 Å². The van der Waals surface area contributed by atoms with Crippen LogP contribution in [0.4, 0.5) is 0 Å². The van der Waals surface area contributed by atoms with Crippen LogP contribution in [0.1, 0.15) is 18.4 Å². The molecule has 1 aromatic rings. The molecule has 16 heavy (non-hydrogen) atoms. The van der Waals surface area contributed by atoms with Crippen molar-refractivity contribution < 1.29 is 4.21 Å². The highest BCUT2D eigenvalue weighted by Gasteiger charge is 2.19. The molecule has 2 rings (SSSR count). The Morgan fingerprint density at radius 2 is 2.00 bits per heavy atom. The van der Waals surface area contributed by atoms with Crippen LogP contribution in [0.3, 0.4) is 0 Å². The number of hydrogen-bond donors (Lipinski definition) is 1. The molecule has 0 saturated heterocycles. The van der Waals surface area contributed by atoms with Gasteiger partial charge in [0.1, 0.15) is 0 Å². The summed E-state index contributed by atoms with van der Waals surface area (Å²) in [5.74, 6) is 1.36. The summed E-state index contributed by atoms with van der Waals surface area (Å²) in [6.45, 7) is 0.866. The molecule has 1 aliphatic rings. The minimum atomic E-state index is -0.772. The van der Waals surface area contributed by atoms with Gasteiger partial charge in [-0.25, -0.2) is 0 Å².